The highest BCUT2D eigenvalue weighted by atomic mass is 79.9. The third-order valence-corrected chi connectivity index (χ3v) is 2.53. The van der Waals surface area contributed by atoms with Crippen LogP contribution in [0.25, 0.3) is 5.65 Å². The molecule has 0 aliphatic carbocycles. The largest absolute Gasteiger partial charge is 0.461 e. The van der Waals surface area contributed by atoms with Gasteiger partial charge in [0.15, 0.2) is 5.65 Å². The molecule has 0 fully saturated rings. The zero-order chi connectivity index (χ0) is 12.4. The maximum Gasteiger partial charge on any atom is 0.364 e. The predicted octanol–water partition coefficient (Wildman–Crippen LogP) is 1.03. The quantitative estimate of drug-likeness (QED) is 0.774. The Balaban J connectivity index is 2.62. The minimum absolute atomic E-state index is 0.184. The average molecular weight is 298 g/mol. The lowest BCUT2D eigenvalue weighted by molar-refractivity contribution is 0.0515. The average Bonchev–Trinajstić information content (AvgIpc) is 2.29. The fourth-order valence-corrected chi connectivity index (χ4v) is 1.62. The molecule has 2 aromatic heterocycles. The Kier molecular flexibility index (Phi) is 3.19. The smallest absolute Gasteiger partial charge is 0.364 e. The Bertz CT molecular complexity index is 638. The van der Waals surface area contributed by atoms with Crippen molar-refractivity contribution in [2.45, 2.75) is 6.92 Å². The Morgan fingerprint density at radius 3 is 3.00 bits per heavy atom. The van der Waals surface area contributed by atoms with Gasteiger partial charge in [0.25, 0.3) is 5.56 Å². The summed E-state index contributed by atoms with van der Waals surface area (Å²) < 4.78 is 6.73. The molecule has 0 unspecified atom stereocenters. The molecule has 0 amide bonds. The summed E-state index contributed by atoms with van der Waals surface area (Å²) in [6.45, 7) is 1.84. The maximum absolute atomic E-state index is 11.9. The van der Waals surface area contributed by atoms with Gasteiger partial charge in [0.1, 0.15) is 0 Å². The van der Waals surface area contributed by atoms with Gasteiger partial charge >= 0.3 is 5.97 Å². The molecule has 0 aromatic carbocycles. The Labute approximate surface area is 104 Å². The molecule has 0 saturated heterocycles. The van der Waals surface area contributed by atoms with Crippen LogP contribution < -0.4 is 5.56 Å². The molecule has 0 atom stereocenters. The van der Waals surface area contributed by atoms with Crippen molar-refractivity contribution in [1.29, 1.82) is 0 Å². The van der Waals surface area contributed by atoms with E-state index in [4.69, 9.17) is 4.74 Å². The molecule has 2 aromatic rings. The molecule has 17 heavy (non-hydrogen) atoms. The van der Waals surface area contributed by atoms with E-state index in [1.165, 1.54) is 10.6 Å². The molecule has 0 bridgehead atoms. The van der Waals surface area contributed by atoms with Crippen LogP contribution in [0, 0.1) is 0 Å². The lowest BCUT2D eigenvalue weighted by atomic mass is 10.4. The Morgan fingerprint density at radius 2 is 2.29 bits per heavy atom. The summed E-state index contributed by atoms with van der Waals surface area (Å²) in [7, 11) is 0. The van der Waals surface area contributed by atoms with Crippen molar-refractivity contribution in [1.82, 2.24) is 14.6 Å². The van der Waals surface area contributed by atoms with Crippen molar-refractivity contribution in [2.24, 2.45) is 0 Å². The lowest BCUT2D eigenvalue weighted by Crippen LogP contribution is -2.26. The van der Waals surface area contributed by atoms with Crippen LogP contribution in [0.4, 0.5) is 0 Å². The number of carbonyl (C=O) groups excluding carboxylic acids is 1. The molecule has 2 rings (SSSR count). The predicted molar refractivity (Wildman–Crippen MR) is 62.9 cm³/mol. The highest BCUT2D eigenvalue weighted by Crippen LogP contribution is 2.09. The summed E-state index contributed by atoms with van der Waals surface area (Å²) >= 11 is 3.25. The van der Waals surface area contributed by atoms with Crippen molar-refractivity contribution in [3.05, 3.63) is 38.9 Å². The van der Waals surface area contributed by atoms with Crippen LogP contribution in [0.1, 0.15) is 17.4 Å². The van der Waals surface area contributed by atoms with E-state index in [0.717, 1.165) is 4.47 Å². The summed E-state index contributed by atoms with van der Waals surface area (Å²) in [6.07, 6.45) is 1.51. The van der Waals surface area contributed by atoms with Gasteiger partial charge in [-0.15, -0.1) is 10.2 Å². The molecule has 0 radical (unpaired) electrons. The monoisotopic (exact) mass is 297 g/mol. The fraction of sp³-hybridized carbons (Fsp3) is 0.200. The highest BCUT2D eigenvalue weighted by Gasteiger charge is 2.16. The first-order valence-electron chi connectivity index (χ1n) is 4.85. The van der Waals surface area contributed by atoms with Gasteiger partial charge in [-0.2, -0.15) is 0 Å². The molecule has 0 saturated carbocycles. The maximum atomic E-state index is 11.9. The second-order valence-electron chi connectivity index (χ2n) is 3.15. The summed E-state index contributed by atoms with van der Waals surface area (Å²) in [5.74, 6) is -0.762. The van der Waals surface area contributed by atoms with E-state index in [2.05, 4.69) is 26.1 Å². The number of nitrogens with zero attached hydrogens (tertiary/aromatic N) is 3. The van der Waals surface area contributed by atoms with E-state index < -0.39 is 11.5 Å². The molecule has 6 nitrogen and oxygen atoms in total. The van der Waals surface area contributed by atoms with E-state index in [0.29, 0.717) is 5.65 Å². The van der Waals surface area contributed by atoms with Crippen LogP contribution in [0.15, 0.2) is 27.6 Å². The van der Waals surface area contributed by atoms with E-state index in [-0.39, 0.29) is 12.3 Å². The van der Waals surface area contributed by atoms with Gasteiger partial charge in [0, 0.05) is 10.7 Å². The van der Waals surface area contributed by atoms with Gasteiger partial charge in [-0.3, -0.25) is 9.20 Å². The van der Waals surface area contributed by atoms with Crippen LogP contribution in [0.5, 0.6) is 0 Å². The molecule has 0 aliphatic heterocycles. The number of hydrogen-bond donors (Lipinski definition) is 0. The fourth-order valence-electron chi connectivity index (χ4n) is 1.30. The summed E-state index contributed by atoms with van der Waals surface area (Å²) in [4.78, 5) is 23.3. The number of halogens is 1. The van der Waals surface area contributed by atoms with Gasteiger partial charge in [0.2, 0.25) is 5.69 Å². The second-order valence-corrected chi connectivity index (χ2v) is 4.06. The van der Waals surface area contributed by atoms with Gasteiger partial charge < -0.3 is 4.74 Å². The molecule has 0 N–H and O–H groups in total. The number of fused-ring (bicyclic) bond motifs is 1. The first kappa shape index (κ1) is 11.7. The minimum Gasteiger partial charge on any atom is -0.461 e. The van der Waals surface area contributed by atoms with E-state index in [9.17, 15) is 9.59 Å². The third kappa shape index (κ3) is 2.19. The summed E-state index contributed by atoms with van der Waals surface area (Å²) in [5.41, 5.74) is -0.495. The standard InChI is InChI=1S/C10H8BrN3O3/c1-2-17-10(16)8-9(15)14-4-3-6(11)5-7(14)12-13-8/h3-5H,2H2,1H3. The van der Waals surface area contributed by atoms with Crippen LogP contribution in [0.3, 0.4) is 0 Å². The third-order valence-electron chi connectivity index (χ3n) is 2.04. The van der Waals surface area contributed by atoms with Crippen molar-refractivity contribution in [3.63, 3.8) is 0 Å². The zero-order valence-electron chi connectivity index (χ0n) is 8.88. The number of esters is 1. The second kappa shape index (κ2) is 4.62. The first-order chi connectivity index (χ1) is 8.13. The zero-order valence-corrected chi connectivity index (χ0v) is 10.5. The molecular formula is C10H8BrN3O3. The van der Waals surface area contributed by atoms with E-state index >= 15 is 0 Å². The molecule has 0 spiro atoms. The van der Waals surface area contributed by atoms with Crippen molar-refractivity contribution >= 4 is 27.5 Å². The van der Waals surface area contributed by atoms with E-state index in [1.54, 1.807) is 19.1 Å². The molecule has 2 heterocycles. The minimum atomic E-state index is -0.762. The molecule has 88 valence electrons. The number of hydrogen-bond acceptors (Lipinski definition) is 5. The Morgan fingerprint density at radius 1 is 1.53 bits per heavy atom. The van der Waals surface area contributed by atoms with E-state index in [1.807, 2.05) is 0 Å². The van der Waals surface area contributed by atoms with Gasteiger partial charge in [-0.1, -0.05) is 15.9 Å². The van der Waals surface area contributed by atoms with Crippen LogP contribution in [-0.2, 0) is 4.74 Å². The number of aromatic nitrogens is 3. The summed E-state index contributed by atoms with van der Waals surface area (Å²) in [6, 6.07) is 3.30. The van der Waals surface area contributed by atoms with Crippen LogP contribution in [-0.4, -0.2) is 27.2 Å². The molecule has 7 heteroatoms. The normalized spacial score (nSPS) is 10.5. The number of ether oxygens (including phenoxy) is 1. The molecular weight excluding hydrogens is 290 g/mol. The van der Waals surface area contributed by atoms with Gasteiger partial charge in [-0.25, -0.2) is 4.79 Å². The number of pyridine rings is 1. The number of carbonyl (C=O) groups is 1. The van der Waals surface area contributed by atoms with Crippen molar-refractivity contribution in [3.8, 4) is 0 Å². The Hall–Kier alpha value is -1.76. The lowest BCUT2D eigenvalue weighted by Gasteiger charge is -2.02. The van der Waals surface area contributed by atoms with Gasteiger partial charge in [0.05, 0.1) is 6.61 Å². The van der Waals surface area contributed by atoms with Crippen LogP contribution in [0.2, 0.25) is 0 Å². The molecule has 0 aliphatic rings. The summed E-state index contributed by atoms with van der Waals surface area (Å²) in [5, 5.41) is 7.38. The van der Waals surface area contributed by atoms with Crippen molar-refractivity contribution < 1.29 is 9.53 Å². The number of rotatable bonds is 2. The SMILES string of the molecule is CCOC(=O)c1nnc2cc(Br)ccn2c1=O. The highest BCUT2D eigenvalue weighted by molar-refractivity contribution is 9.10. The topological polar surface area (TPSA) is 73.6 Å². The van der Waals surface area contributed by atoms with Crippen LogP contribution >= 0.6 is 15.9 Å². The first-order valence-corrected chi connectivity index (χ1v) is 5.64. The van der Waals surface area contributed by atoms with Crippen molar-refractivity contribution in [2.75, 3.05) is 6.61 Å². The van der Waals surface area contributed by atoms with Gasteiger partial charge in [-0.05, 0) is 19.1 Å².